The fourth-order valence-corrected chi connectivity index (χ4v) is 2.46. The molecule has 102 valence electrons. The molecule has 0 aliphatic heterocycles. The van der Waals surface area contributed by atoms with Crippen molar-refractivity contribution in [3.05, 3.63) is 35.0 Å². The van der Waals surface area contributed by atoms with Crippen molar-refractivity contribution in [2.24, 2.45) is 0 Å². The van der Waals surface area contributed by atoms with Crippen molar-refractivity contribution in [2.45, 2.75) is 6.54 Å². The summed E-state index contributed by atoms with van der Waals surface area (Å²) in [5.41, 5.74) is 0.738. The summed E-state index contributed by atoms with van der Waals surface area (Å²) in [6, 6.07) is 6.37. The van der Waals surface area contributed by atoms with Gasteiger partial charge in [0.2, 0.25) is 5.88 Å². The van der Waals surface area contributed by atoms with E-state index < -0.39 is 0 Å². The molecule has 19 heavy (non-hydrogen) atoms. The topological polar surface area (TPSA) is 37.4 Å². The van der Waals surface area contributed by atoms with E-state index in [4.69, 9.17) is 4.74 Å². The zero-order chi connectivity index (χ0) is 13.8. The monoisotopic (exact) mass is 281 g/mol. The van der Waals surface area contributed by atoms with Gasteiger partial charge in [-0.2, -0.15) is 4.98 Å². The molecule has 2 aromatic rings. The summed E-state index contributed by atoms with van der Waals surface area (Å²) in [4.78, 5) is 7.28. The van der Waals surface area contributed by atoms with E-state index in [1.165, 1.54) is 12.1 Å². The van der Waals surface area contributed by atoms with E-state index >= 15 is 0 Å². The van der Waals surface area contributed by atoms with Crippen molar-refractivity contribution in [3.8, 4) is 5.88 Å². The third-order valence-electron chi connectivity index (χ3n) is 2.50. The Morgan fingerprint density at radius 2 is 2.21 bits per heavy atom. The average Bonchev–Trinajstić information content (AvgIpc) is 2.80. The Morgan fingerprint density at radius 1 is 1.42 bits per heavy atom. The van der Waals surface area contributed by atoms with E-state index in [1.54, 1.807) is 24.5 Å². The van der Waals surface area contributed by atoms with Gasteiger partial charge >= 0.3 is 0 Å². The number of methoxy groups -OCH3 is 1. The van der Waals surface area contributed by atoms with Crippen LogP contribution in [0.3, 0.4) is 0 Å². The third-order valence-corrected chi connectivity index (χ3v) is 3.71. The highest BCUT2D eigenvalue weighted by atomic mass is 32.1. The summed E-state index contributed by atoms with van der Waals surface area (Å²) in [5, 5.41) is 4.04. The summed E-state index contributed by atoms with van der Waals surface area (Å²) in [6.45, 7) is 0.554. The first-order valence-electron chi connectivity index (χ1n) is 5.80. The van der Waals surface area contributed by atoms with E-state index in [9.17, 15) is 4.39 Å². The molecule has 0 saturated carbocycles. The molecule has 1 aromatic carbocycles. The number of nitrogens with zero attached hydrogens (tertiary/aromatic N) is 2. The van der Waals surface area contributed by atoms with Crippen LogP contribution in [0.5, 0.6) is 5.88 Å². The highest BCUT2D eigenvalue weighted by Gasteiger charge is 2.12. The molecule has 0 aliphatic rings. The summed E-state index contributed by atoms with van der Waals surface area (Å²) in [6.07, 6.45) is 0. The minimum absolute atomic E-state index is 0.254. The van der Waals surface area contributed by atoms with Gasteiger partial charge in [0.05, 0.1) is 18.5 Å². The van der Waals surface area contributed by atoms with Gasteiger partial charge in [-0.25, -0.2) is 4.39 Å². The molecule has 0 fully saturated rings. The smallest absolute Gasteiger partial charge is 0.231 e. The zero-order valence-corrected chi connectivity index (χ0v) is 11.9. The lowest BCUT2D eigenvalue weighted by atomic mass is 10.3. The van der Waals surface area contributed by atoms with Crippen LogP contribution in [0, 0.1) is 5.82 Å². The van der Waals surface area contributed by atoms with Crippen LogP contribution >= 0.6 is 11.3 Å². The SMILES string of the molecule is COc1nc(N(C)C)sc1CNc1cccc(F)c1. The fraction of sp³-hybridized carbons (Fsp3) is 0.308. The number of aromatic nitrogens is 1. The van der Waals surface area contributed by atoms with Crippen LogP contribution in [0.2, 0.25) is 0 Å². The van der Waals surface area contributed by atoms with Gasteiger partial charge in [0, 0.05) is 19.8 Å². The van der Waals surface area contributed by atoms with E-state index in [1.807, 2.05) is 25.1 Å². The van der Waals surface area contributed by atoms with Gasteiger partial charge in [0.25, 0.3) is 0 Å². The minimum Gasteiger partial charge on any atom is -0.480 e. The maximum absolute atomic E-state index is 13.1. The number of nitrogens with one attached hydrogen (secondary N) is 1. The van der Waals surface area contributed by atoms with Gasteiger partial charge in [0.1, 0.15) is 5.82 Å². The van der Waals surface area contributed by atoms with Crippen molar-refractivity contribution in [2.75, 3.05) is 31.4 Å². The van der Waals surface area contributed by atoms with E-state index in [0.717, 1.165) is 15.7 Å². The molecule has 0 amide bonds. The van der Waals surface area contributed by atoms with Crippen LogP contribution in [0.25, 0.3) is 0 Å². The van der Waals surface area contributed by atoms with Gasteiger partial charge < -0.3 is 15.0 Å². The van der Waals surface area contributed by atoms with E-state index in [0.29, 0.717) is 12.4 Å². The first kappa shape index (κ1) is 13.6. The Balaban J connectivity index is 2.10. The molecule has 4 nitrogen and oxygen atoms in total. The van der Waals surface area contributed by atoms with Crippen molar-refractivity contribution in [1.29, 1.82) is 0 Å². The molecule has 0 bridgehead atoms. The summed E-state index contributed by atoms with van der Waals surface area (Å²) in [5.74, 6) is 0.354. The van der Waals surface area contributed by atoms with Crippen LogP contribution < -0.4 is 15.0 Å². The molecule has 2 rings (SSSR count). The Morgan fingerprint density at radius 3 is 2.84 bits per heavy atom. The molecule has 0 spiro atoms. The second kappa shape index (κ2) is 5.88. The first-order chi connectivity index (χ1) is 9.10. The van der Waals surface area contributed by atoms with Crippen LogP contribution in [0.1, 0.15) is 4.88 Å². The van der Waals surface area contributed by atoms with E-state index in [2.05, 4.69) is 10.3 Å². The summed E-state index contributed by atoms with van der Waals surface area (Å²) >= 11 is 1.55. The van der Waals surface area contributed by atoms with Crippen molar-refractivity contribution >= 4 is 22.2 Å². The molecule has 1 N–H and O–H groups in total. The number of anilines is 2. The van der Waals surface area contributed by atoms with Crippen molar-refractivity contribution < 1.29 is 9.13 Å². The summed E-state index contributed by atoms with van der Waals surface area (Å²) in [7, 11) is 5.46. The van der Waals surface area contributed by atoms with Gasteiger partial charge in [0.15, 0.2) is 5.13 Å². The van der Waals surface area contributed by atoms with Gasteiger partial charge in [-0.3, -0.25) is 0 Å². The lowest BCUT2D eigenvalue weighted by Crippen LogP contribution is -2.07. The minimum atomic E-state index is -0.254. The zero-order valence-electron chi connectivity index (χ0n) is 11.1. The highest BCUT2D eigenvalue weighted by Crippen LogP contribution is 2.30. The van der Waals surface area contributed by atoms with Crippen molar-refractivity contribution in [3.63, 3.8) is 0 Å². The second-order valence-electron chi connectivity index (χ2n) is 4.19. The quantitative estimate of drug-likeness (QED) is 0.914. The number of thiazole rings is 1. The average molecular weight is 281 g/mol. The van der Waals surface area contributed by atoms with E-state index in [-0.39, 0.29) is 5.82 Å². The number of benzene rings is 1. The number of ether oxygens (including phenoxy) is 1. The van der Waals surface area contributed by atoms with Crippen LogP contribution in [0.4, 0.5) is 15.2 Å². The van der Waals surface area contributed by atoms with Crippen molar-refractivity contribution in [1.82, 2.24) is 4.98 Å². The summed E-state index contributed by atoms with van der Waals surface area (Å²) < 4.78 is 18.3. The second-order valence-corrected chi connectivity index (χ2v) is 5.25. The number of rotatable bonds is 5. The molecule has 6 heteroatoms. The molecule has 0 saturated heterocycles. The fourth-order valence-electron chi connectivity index (χ4n) is 1.57. The third kappa shape index (κ3) is 3.35. The van der Waals surface area contributed by atoms with Gasteiger partial charge in [-0.15, -0.1) is 0 Å². The van der Waals surface area contributed by atoms with Gasteiger partial charge in [-0.05, 0) is 18.2 Å². The van der Waals surface area contributed by atoms with Crippen LogP contribution in [0.15, 0.2) is 24.3 Å². The van der Waals surface area contributed by atoms with Crippen LogP contribution in [-0.4, -0.2) is 26.2 Å². The Bertz CT molecular complexity index is 557. The Kier molecular flexibility index (Phi) is 4.21. The predicted molar refractivity (Wildman–Crippen MR) is 76.7 cm³/mol. The Labute approximate surface area is 115 Å². The number of halogens is 1. The number of hydrogen-bond donors (Lipinski definition) is 1. The largest absolute Gasteiger partial charge is 0.480 e. The number of hydrogen-bond acceptors (Lipinski definition) is 5. The lowest BCUT2D eigenvalue weighted by molar-refractivity contribution is 0.397. The molecule has 1 heterocycles. The Hall–Kier alpha value is -1.82. The molecule has 0 aliphatic carbocycles. The maximum Gasteiger partial charge on any atom is 0.231 e. The predicted octanol–water partition coefficient (Wildman–Crippen LogP) is 2.97. The molecular weight excluding hydrogens is 265 g/mol. The lowest BCUT2D eigenvalue weighted by Gasteiger charge is -2.06. The molecule has 0 atom stereocenters. The molecular formula is C13H16FN3OS. The standard InChI is InChI=1S/C13H16FN3OS/c1-17(2)13-16-12(18-3)11(19-13)8-15-10-6-4-5-9(14)7-10/h4-7,15H,8H2,1-3H3. The molecule has 1 aromatic heterocycles. The highest BCUT2D eigenvalue weighted by molar-refractivity contribution is 7.15. The first-order valence-corrected chi connectivity index (χ1v) is 6.62. The van der Waals surface area contributed by atoms with Crippen LogP contribution in [-0.2, 0) is 6.54 Å². The molecule has 0 radical (unpaired) electrons. The normalized spacial score (nSPS) is 10.3. The maximum atomic E-state index is 13.1. The van der Waals surface area contributed by atoms with Gasteiger partial charge in [-0.1, -0.05) is 17.4 Å². The molecule has 0 unspecified atom stereocenters.